The molecule has 0 saturated carbocycles. The number of benzene rings is 2. The summed E-state index contributed by atoms with van der Waals surface area (Å²) in [5.74, 6) is 0. The highest BCUT2D eigenvalue weighted by Crippen LogP contribution is 2.36. The van der Waals surface area contributed by atoms with Crippen molar-refractivity contribution in [2.45, 2.75) is 31.3 Å². The van der Waals surface area contributed by atoms with Crippen LogP contribution in [-0.4, -0.2) is 41.1 Å². The molecule has 32 heavy (non-hydrogen) atoms. The quantitative estimate of drug-likeness (QED) is 0.303. The molecule has 0 aliphatic rings. The summed E-state index contributed by atoms with van der Waals surface area (Å²) >= 11 is 0. The Labute approximate surface area is 181 Å². The van der Waals surface area contributed by atoms with E-state index in [2.05, 4.69) is 6.58 Å². The Morgan fingerprint density at radius 3 is 2.00 bits per heavy atom. The summed E-state index contributed by atoms with van der Waals surface area (Å²) < 4.78 is 83.7. The number of hydrogen-bond donors (Lipinski definition) is 2. The summed E-state index contributed by atoms with van der Waals surface area (Å²) in [5.41, 5.74) is -2.74. The molecule has 0 bridgehead atoms. The lowest BCUT2D eigenvalue weighted by Gasteiger charge is -2.34. The molecule has 0 fully saturated rings. The molecule has 2 rings (SSSR count). The molecule has 176 valence electrons. The standard InChI is InChI=1S/C22H23F6NO3/c1-2-8-29(9-10-30)19(16-6-4-3-5-7-16)20(31)32-14-15-11-17(21(23,24)25)13-18(12-15)22(26,27)28/h2-7,11-13,19-20,30-31H,1,8-10,14H2/t19-,20?/m0/s1. The molecule has 2 aromatic rings. The first-order chi connectivity index (χ1) is 15.0. The SMILES string of the molecule is C=CCN(CCO)[C@@H](c1ccccc1)C(O)OCc1cc(C(F)(F)F)cc(C(F)(F)F)c1. The van der Waals surface area contributed by atoms with E-state index in [0.717, 1.165) is 0 Å². The third kappa shape index (κ3) is 7.06. The van der Waals surface area contributed by atoms with Crippen molar-refractivity contribution in [3.8, 4) is 0 Å². The maximum atomic E-state index is 13.1. The summed E-state index contributed by atoms with van der Waals surface area (Å²) in [5, 5.41) is 20.0. The molecule has 2 N–H and O–H groups in total. The highest BCUT2D eigenvalue weighted by atomic mass is 19.4. The van der Waals surface area contributed by atoms with Crippen LogP contribution in [0.25, 0.3) is 0 Å². The Hall–Kier alpha value is -2.40. The third-order valence-electron chi connectivity index (χ3n) is 4.62. The van der Waals surface area contributed by atoms with Crippen molar-refractivity contribution in [2.24, 2.45) is 0 Å². The first-order valence-corrected chi connectivity index (χ1v) is 9.56. The number of aliphatic hydroxyl groups excluding tert-OH is 2. The molecule has 2 aromatic carbocycles. The molecule has 2 atom stereocenters. The van der Waals surface area contributed by atoms with Gasteiger partial charge in [-0.3, -0.25) is 4.90 Å². The number of ether oxygens (including phenoxy) is 1. The van der Waals surface area contributed by atoms with E-state index < -0.39 is 48.0 Å². The Kier molecular flexibility index (Phi) is 8.85. The summed E-state index contributed by atoms with van der Waals surface area (Å²) in [6.07, 6.45) is -10.1. The van der Waals surface area contributed by atoms with Crippen LogP contribution in [0.2, 0.25) is 0 Å². The van der Waals surface area contributed by atoms with Gasteiger partial charge in [-0.05, 0) is 29.3 Å². The van der Waals surface area contributed by atoms with Gasteiger partial charge in [0.1, 0.15) is 0 Å². The molecule has 0 spiro atoms. The summed E-state index contributed by atoms with van der Waals surface area (Å²) in [7, 11) is 0. The zero-order chi connectivity index (χ0) is 23.9. The zero-order valence-corrected chi connectivity index (χ0v) is 16.9. The minimum absolute atomic E-state index is 0.0275. The van der Waals surface area contributed by atoms with Crippen LogP contribution < -0.4 is 0 Å². The summed E-state index contributed by atoms with van der Waals surface area (Å²) in [4.78, 5) is 1.63. The maximum Gasteiger partial charge on any atom is 0.416 e. The number of aliphatic hydroxyl groups is 2. The maximum absolute atomic E-state index is 13.1. The van der Waals surface area contributed by atoms with Crippen LogP contribution >= 0.6 is 0 Å². The normalized spacial score (nSPS) is 14.4. The number of hydrogen-bond acceptors (Lipinski definition) is 4. The molecule has 4 nitrogen and oxygen atoms in total. The van der Waals surface area contributed by atoms with Gasteiger partial charge in [0.2, 0.25) is 0 Å². The van der Waals surface area contributed by atoms with Gasteiger partial charge in [-0.25, -0.2) is 0 Å². The molecular weight excluding hydrogens is 440 g/mol. The average Bonchev–Trinajstić information content (AvgIpc) is 2.72. The predicted molar refractivity (Wildman–Crippen MR) is 105 cm³/mol. The van der Waals surface area contributed by atoms with Crippen LogP contribution in [0.3, 0.4) is 0 Å². The van der Waals surface area contributed by atoms with E-state index in [1.807, 2.05) is 0 Å². The number of halogens is 6. The molecule has 0 aliphatic carbocycles. The van der Waals surface area contributed by atoms with E-state index in [4.69, 9.17) is 4.74 Å². The number of nitrogens with zero attached hydrogens (tertiary/aromatic N) is 1. The van der Waals surface area contributed by atoms with E-state index in [0.29, 0.717) is 17.7 Å². The molecule has 10 heteroatoms. The second-order valence-electron chi connectivity index (χ2n) is 6.98. The zero-order valence-electron chi connectivity index (χ0n) is 16.9. The van der Waals surface area contributed by atoms with Gasteiger partial charge in [0.05, 0.1) is 30.4 Å². The van der Waals surface area contributed by atoms with E-state index in [1.54, 1.807) is 35.2 Å². The van der Waals surface area contributed by atoms with Gasteiger partial charge in [-0.1, -0.05) is 36.4 Å². The summed E-state index contributed by atoms with van der Waals surface area (Å²) in [6.45, 7) is 3.02. The molecule has 0 amide bonds. The fourth-order valence-electron chi connectivity index (χ4n) is 3.22. The van der Waals surface area contributed by atoms with Crippen molar-refractivity contribution in [2.75, 3.05) is 19.7 Å². The van der Waals surface area contributed by atoms with Gasteiger partial charge in [0, 0.05) is 13.1 Å². The molecule has 0 aromatic heterocycles. The lowest BCUT2D eigenvalue weighted by atomic mass is 10.0. The lowest BCUT2D eigenvalue weighted by molar-refractivity contribution is -0.154. The first kappa shape index (κ1) is 25.9. The number of rotatable bonds is 10. The van der Waals surface area contributed by atoms with Gasteiger partial charge >= 0.3 is 12.4 Å². The number of alkyl halides is 6. The van der Waals surface area contributed by atoms with E-state index in [9.17, 15) is 36.6 Å². The molecular formula is C22H23F6NO3. The van der Waals surface area contributed by atoms with Gasteiger partial charge in [0.25, 0.3) is 0 Å². The van der Waals surface area contributed by atoms with Crippen molar-refractivity contribution >= 4 is 0 Å². The van der Waals surface area contributed by atoms with Gasteiger partial charge in [0.15, 0.2) is 6.29 Å². The van der Waals surface area contributed by atoms with Crippen molar-refractivity contribution in [3.05, 3.63) is 83.4 Å². The highest BCUT2D eigenvalue weighted by molar-refractivity contribution is 5.33. The largest absolute Gasteiger partial charge is 0.416 e. The molecule has 0 aliphatic heterocycles. The molecule has 0 heterocycles. The van der Waals surface area contributed by atoms with E-state index >= 15 is 0 Å². The van der Waals surface area contributed by atoms with Crippen LogP contribution in [0.5, 0.6) is 0 Å². The van der Waals surface area contributed by atoms with Gasteiger partial charge < -0.3 is 14.9 Å². The van der Waals surface area contributed by atoms with Crippen LogP contribution in [0.4, 0.5) is 26.3 Å². The Morgan fingerprint density at radius 2 is 1.53 bits per heavy atom. The fraction of sp³-hybridized carbons (Fsp3) is 0.364. The van der Waals surface area contributed by atoms with E-state index in [1.165, 1.54) is 6.08 Å². The van der Waals surface area contributed by atoms with Gasteiger partial charge in [-0.2, -0.15) is 26.3 Å². The third-order valence-corrected chi connectivity index (χ3v) is 4.62. The van der Waals surface area contributed by atoms with Crippen LogP contribution in [-0.2, 0) is 23.7 Å². The Bertz CT molecular complexity index is 838. The Balaban J connectivity index is 2.32. The monoisotopic (exact) mass is 463 g/mol. The fourth-order valence-corrected chi connectivity index (χ4v) is 3.22. The minimum atomic E-state index is -4.98. The molecule has 1 unspecified atom stereocenters. The lowest BCUT2D eigenvalue weighted by Crippen LogP contribution is -2.39. The minimum Gasteiger partial charge on any atom is -0.395 e. The molecule has 0 saturated heterocycles. The van der Waals surface area contributed by atoms with Crippen molar-refractivity contribution < 1.29 is 41.3 Å². The topological polar surface area (TPSA) is 52.9 Å². The second-order valence-corrected chi connectivity index (χ2v) is 6.98. The highest BCUT2D eigenvalue weighted by Gasteiger charge is 2.37. The predicted octanol–water partition coefficient (Wildman–Crippen LogP) is 4.78. The Morgan fingerprint density at radius 1 is 0.969 bits per heavy atom. The average molecular weight is 463 g/mol. The van der Waals surface area contributed by atoms with Crippen molar-refractivity contribution in [3.63, 3.8) is 0 Å². The van der Waals surface area contributed by atoms with Crippen molar-refractivity contribution in [1.29, 1.82) is 0 Å². The van der Waals surface area contributed by atoms with E-state index in [-0.39, 0.29) is 25.8 Å². The summed E-state index contributed by atoms with van der Waals surface area (Å²) in [6, 6.07) is 8.76. The van der Waals surface area contributed by atoms with Gasteiger partial charge in [-0.15, -0.1) is 6.58 Å². The molecule has 0 radical (unpaired) electrons. The van der Waals surface area contributed by atoms with Crippen LogP contribution in [0.1, 0.15) is 28.3 Å². The smallest absolute Gasteiger partial charge is 0.395 e. The van der Waals surface area contributed by atoms with Crippen LogP contribution in [0.15, 0.2) is 61.2 Å². The second kappa shape index (κ2) is 11.0. The first-order valence-electron chi connectivity index (χ1n) is 9.56. The van der Waals surface area contributed by atoms with Crippen LogP contribution in [0, 0.1) is 0 Å². The van der Waals surface area contributed by atoms with Crippen molar-refractivity contribution in [1.82, 2.24) is 4.90 Å².